The summed E-state index contributed by atoms with van der Waals surface area (Å²) >= 11 is 0. The lowest BCUT2D eigenvalue weighted by Gasteiger charge is -2.42. The van der Waals surface area contributed by atoms with Crippen LogP contribution >= 0.6 is 0 Å². The number of hydrogen-bond acceptors (Lipinski definition) is 8. The molecule has 0 N–H and O–H groups in total. The molecule has 2 fully saturated rings. The minimum Gasteiger partial charge on any atom is -0.462 e. The average Bonchev–Trinajstić information content (AvgIpc) is 3.38. The number of anilines is 2. The number of nitriles is 1. The Morgan fingerprint density at radius 2 is 2.00 bits per heavy atom. The van der Waals surface area contributed by atoms with E-state index in [-0.39, 0.29) is 43.9 Å². The number of carbonyl (C=O) groups excluding carboxylic acids is 1. The van der Waals surface area contributed by atoms with Crippen LogP contribution < -0.4 is 14.5 Å². The van der Waals surface area contributed by atoms with Gasteiger partial charge in [-0.1, -0.05) is 12.6 Å². The van der Waals surface area contributed by atoms with E-state index < -0.39 is 29.3 Å². The SMILES string of the molecule is C=CC(=O)N1CCN(c2nc(OC[C@@H]3CCCN3C)nc3c2CCN(c2c(F)cccc2C(F)(F)F)C3)CC1CC#N. The number of benzene rings is 1. The maximum absolute atomic E-state index is 14.9. The lowest BCUT2D eigenvalue weighted by atomic mass is 10.0. The Hall–Kier alpha value is -3.92. The molecule has 2 atom stereocenters. The van der Waals surface area contributed by atoms with Crippen LogP contribution in [0, 0.1) is 17.1 Å². The van der Waals surface area contributed by atoms with Gasteiger partial charge in [-0.3, -0.25) is 4.79 Å². The van der Waals surface area contributed by atoms with Gasteiger partial charge in [0.05, 0.1) is 42.0 Å². The number of ether oxygens (including phenoxy) is 1. The number of amides is 1. The molecule has 4 heterocycles. The molecule has 1 amide bonds. The van der Waals surface area contributed by atoms with E-state index in [1.165, 1.54) is 11.0 Å². The number of piperazine rings is 1. The molecular weight excluding hydrogens is 554 g/mol. The van der Waals surface area contributed by atoms with E-state index in [1.807, 2.05) is 11.9 Å². The minimum atomic E-state index is -4.73. The normalized spacial score (nSPS) is 21.2. The highest BCUT2D eigenvalue weighted by Gasteiger charge is 2.38. The van der Waals surface area contributed by atoms with Crippen LogP contribution in [-0.2, 0) is 23.9 Å². The van der Waals surface area contributed by atoms with Crippen molar-refractivity contribution >= 4 is 17.4 Å². The van der Waals surface area contributed by atoms with Crippen molar-refractivity contribution < 1.29 is 27.1 Å². The van der Waals surface area contributed by atoms with Crippen molar-refractivity contribution in [1.82, 2.24) is 19.8 Å². The standard InChI is InChI=1S/C29H33F4N7O2/c1-3-25(41)40-15-14-39(16-19(40)9-11-34)27-21-10-13-38(26-22(29(31,32)33)7-4-8-23(26)30)17-24(21)35-28(36-27)42-18-20-6-5-12-37(20)2/h3-4,7-8,19-20H,1,5-6,9-10,12-18H2,2H3/t19?,20-/m0/s1. The summed E-state index contributed by atoms with van der Waals surface area (Å²) in [5.41, 5.74) is -0.348. The summed E-state index contributed by atoms with van der Waals surface area (Å²) < 4.78 is 62.5. The summed E-state index contributed by atoms with van der Waals surface area (Å²) in [6, 6.07) is 4.99. The Morgan fingerprint density at radius 3 is 2.69 bits per heavy atom. The number of para-hydroxylation sites is 1. The molecule has 0 aliphatic carbocycles. The number of alkyl halides is 3. The van der Waals surface area contributed by atoms with Crippen LogP contribution in [0.2, 0.25) is 0 Å². The highest BCUT2D eigenvalue weighted by atomic mass is 19.4. The number of aromatic nitrogens is 2. The van der Waals surface area contributed by atoms with Crippen molar-refractivity contribution in [3.63, 3.8) is 0 Å². The zero-order chi connectivity index (χ0) is 30.0. The Balaban J connectivity index is 1.49. The van der Waals surface area contributed by atoms with Crippen molar-refractivity contribution in [1.29, 1.82) is 5.26 Å². The lowest BCUT2D eigenvalue weighted by molar-refractivity contribution is -0.137. The van der Waals surface area contributed by atoms with Crippen LogP contribution in [0.15, 0.2) is 30.9 Å². The minimum absolute atomic E-state index is 0.0644. The van der Waals surface area contributed by atoms with E-state index in [0.717, 1.165) is 43.1 Å². The van der Waals surface area contributed by atoms with Crippen molar-refractivity contribution in [3.05, 3.63) is 53.5 Å². The van der Waals surface area contributed by atoms with Crippen LogP contribution in [0.25, 0.3) is 0 Å². The summed E-state index contributed by atoms with van der Waals surface area (Å²) in [7, 11) is 2.02. The molecule has 9 nitrogen and oxygen atoms in total. The molecule has 2 saturated heterocycles. The smallest absolute Gasteiger partial charge is 0.418 e. The maximum Gasteiger partial charge on any atom is 0.418 e. The molecule has 0 bridgehead atoms. The summed E-state index contributed by atoms with van der Waals surface area (Å²) in [5, 5.41) is 9.42. The maximum atomic E-state index is 14.9. The van der Waals surface area contributed by atoms with Crippen LogP contribution in [0.5, 0.6) is 6.01 Å². The van der Waals surface area contributed by atoms with Gasteiger partial charge < -0.3 is 24.3 Å². The molecule has 42 heavy (non-hydrogen) atoms. The molecule has 0 spiro atoms. The highest BCUT2D eigenvalue weighted by Crippen LogP contribution is 2.40. The molecule has 5 rings (SSSR count). The number of likely N-dealkylation sites (tertiary alicyclic amines) is 1. The van der Waals surface area contributed by atoms with Crippen molar-refractivity contribution in [2.24, 2.45) is 0 Å². The number of rotatable bonds is 7. The second-order valence-corrected chi connectivity index (χ2v) is 10.8. The third-order valence-corrected chi connectivity index (χ3v) is 8.27. The number of likely N-dealkylation sites (N-methyl/N-ethyl adjacent to an activating group) is 1. The van der Waals surface area contributed by atoms with E-state index in [4.69, 9.17) is 9.72 Å². The van der Waals surface area contributed by atoms with E-state index in [0.29, 0.717) is 37.8 Å². The van der Waals surface area contributed by atoms with E-state index >= 15 is 0 Å². The van der Waals surface area contributed by atoms with Gasteiger partial charge in [0.15, 0.2) is 0 Å². The monoisotopic (exact) mass is 587 g/mol. The fraction of sp³-hybridized carbons (Fsp3) is 0.517. The molecule has 0 saturated carbocycles. The Bertz CT molecular complexity index is 1380. The first-order valence-electron chi connectivity index (χ1n) is 14.0. The third-order valence-electron chi connectivity index (χ3n) is 8.27. The second kappa shape index (κ2) is 12.1. The zero-order valence-electron chi connectivity index (χ0n) is 23.4. The molecule has 0 radical (unpaired) electrons. The van der Waals surface area contributed by atoms with Gasteiger partial charge in [-0.25, -0.2) is 4.39 Å². The topological polar surface area (TPSA) is 88.8 Å². The Morgan fingerprint density at radius 1 is 1.19 bits per heavy atom. The average molecular weight is 588 g/mol. The summed E-state index contributed by atoms with van der Waals surface area (Å²) in [6.07, 6.45) is -1.10. The van der Waals surface area contributed by atoms with E-state index in [1.54, 1.807) is 4.90 Å². The van der Waals surface area contributed by atoms with Gasteiger partial charge in [0.1, 0.15) is 18.2 Å². The van der Waals surface area contributed by atoms with Gasteiger partial charge >= 0.3 is 12.2 Å². The highest BCUT2D eigenvalue weighted by molar-refractivity contribution is 5.87. The van der Waals surface area contributed by atoms with Gasteiger partial charge in [0.2, 0.25) is 5.91 Å². The summed E-state index contributed by atoms with van der Waals surface area (Å²) in [6.45, 7) is 6.02. The fourth-order valence-corrected chi connectivity index (χ4v) is 6.07. The number of carbonyl (C=O) groups is 1. The molecule has 1 aromatic carbocycles. The van der Waals surface area contributed by atoms with Crippen molar-refractivity contribution in [2.45, 2.75) is 50.5 Å². The number of fused-ring (bicyclic) bond motifs is 1. The molecule has 3 aliphatic heterocycles. The van der Waals surface area contributed by atoms with Gasteiger partial charge in [-0.05, 0) is 51.1 Å². The van der Waals surface area contributed by atoms with E-state index in [9.17, 15) is 27.6 Å². The molecule has 3 aliphatic rings. The predicted octanol–water partition coefficient (Wildman–Crippen LogP) is 3.79. The quantitative estimate of drug-likeness (QED) is 0.357. The predicted molar refractivity (Wildman–Crippen MR) is 147 cm³/mol. The van der Waals surface area contributed by atoms with Crippen molar-refractivity contribution in [2.75, 3.05) is 56.2 Å². The molecule has 13 heteroatoms. The van der Waals surface area contributed by atoms with Crippen molar-refractivity contribution in [3.8, 4) is 12.1 Å². The molecule has 2 aromatic rings. The number of halogens is 4. The molecule has 224 valence electrons. The summed E-state index contributed by atoms with van der Waals surface area (Å²) in [5.74, 6) is -0.649. The number of nitrogens with zero attached hydrogens (tertiary/aromatic N) is 7. The first-order valence-corrected chi connectivity index (χ1v) is 14.0. The van der Waals surface area contributed by atoms with Gasteiger partial charge in [-0.2, -0.15) is 28.4 Å². The fourth-order valence-electron chi connectivity index (χ4n) is 6.07. The van der Waals surface area contributed by atoms with Crippen LogP contribution in [0.3, 0.4) is 0 Å². The lowest BCUT2D eigenvalue weighted by Crippen LogP contribution is -2.55. The molecular formula is C29H33F4N7O2. The Labute approximate surface area is 242 Å². The first-order chi connectivity index (χ1) is 20.1. The molecule has 1 aromatic heterocycles. The van der Waals surface area contributed by atoms with Crippen LogP contribution in [-0.4, -0.2) is 84.1 Å². The van der Waals surface area contributed by atoms with Gasteiger partial charge in [0.25, 0.3) is 0 Å². The largest absolute Gasteiger partial charge is 0.462 e. The van der Waals surface area contributed by atoms with Crippen LogP contribution in [0.1, 0.15) is 36.1 Å². The Kier molecular flexibility index (Phi) is 8.54. The zero-order valence-corrected chi connectivity index (χ0v) is 23.4. The van der Waals surface area contributed by atoms with Crippen LogP contribution in [0.4, 0.5) is 29.1 Å². The second-order valence-electron chi connectivity index (χ2n) is 10.8. The third kappa shape index (κ3) is 5.99. The van der Waals surface area contributed by atoms with E-state index in [2.05, 4.69) is 22.5 Å². The molecule has 1 unspecified atom stereocenters. The number of hydrogen-bond donors (Lipinski definition) is 0. The van der Waals surface area contributed by atoms with Gasteiger partial charge in [-0.15, -0.1) is 0 Å². The first kappa shape index (κ1) is 29.6. The van der Waals surface area contributed by atoms with Gasteiger partial charge in [0, 0.05) is 37.8 Å². The summed E-state index contributed by atoms with van der Waals surface area (Å²) in [4.78, 5) is 28.9.